The first-order chi connectivity index (χ1) is 5.14. The molecule has 0 amide bonds. The molecule has 1 atom stereocenters. The van der Waals surface area contributed by atoms with E-state index < -0.39 is 5.60 Å². The number of likely N-dealkylation sites (tertiary alicyclic amines) is 1. The van der Waals surface area contributed by atoms with Crippen molar-refractivity contribution in [3.63, 3.8) is 0 Å². The van der Waals surface area contributed by atoms with Crippen LogP contribution in [-0.2, 0) is 0 Å². The van der Waals surface area contributed by atoms with Crippen LogP contribution in [0.3, 0.4) is 0 Å². The molecule has 1 unspecified atom stereocenters. The monoisotopic (exact) mass is 197 g/mol. The van der Waals surface area contributed by atoms with Gasteiger partial charge in [-0.15, -0.1) is 6.61 Å². The molecule has 0 aromatic heterocycles. The van der Waals surface area contributed by atoms with Crippen LogP contribution in [0.15, 0.2) is 0 Å². The van der Waals surface area contributed by atoms with E-state index in [1.165, 1.54) is 0 Å². The van der Waals surface area contributed by atoms with E-state index in [-0.39, 0.29) is 58.0 Å². The molecule has 3 nitrogen and oxygen atoms in total. The van der Waals surface area contributed by atoms with Crippen LogP contribution >= 0.6 is 0 Å². The van der Waals surface area contributed by atoms with E-state index in [9.17, 15) is 10.2 Å². The van der Waals surface area contributed by atoms with Gasteiger partial charge >= 0.3 is 51.4 Å². The Bertz CT molecular complexity index is 130. The third-order valence-electron chi connectivity index (χ3n) is 2.15. The summed E-state index contributed by atoms with van der Waals surface area (Å²) in [6, 6.07) is 0. The van der Waals surface area contributed by atoms with E-state index in [0.29, 0.717) is 6.42 Å². The standard InChI is InChI=1S/C8H16NO2.K/c1-8(11)3-5-9(7-8)4-2-6-10;/h11H,2-7H2,1H3;/q-1;+1. The molecule has 1 rings (SSSR count). The van der Waals surface area contributed by atoms with Gasteiger partial charge < -0.3 is 15.1 Å². The molecule has 0 saturated carbocycles. The first-order valence-electron chi connectivity index (χ1n) is 4.17. The Hall–Kier alpha value is 1.52. The molecule has 4 heteroatoms. The smallest absolute Gasteiger partial charge is 0.854 e. The Morgan fingerprint density at radius 1 is 1.58 bits per heavy atom. The van der Waals surface area contributed by atoms with Crippen LogP contribution in [-0.4, -0.2) is 41.8 Å². The maximum Gasteiger partial charge on any atom is 1.00 e. The fourth-order valence-electron chi connectivity index (χ4n) is 1.52. The fourth-order valence-corrected chi connectivity index (χ4v) is 1.52. The average Bonchev–Trinajstić information content (AvgIpc) is 2.26. The number of β-amino-alcohol motifs (C(OH)–C–C–N with tert-alkyl or cyclic N) is 1. The first kappa shape index (κ1) is 13.5. The molecule has 0 aliphatic carbocycles. The number of aliphatic hydroxyl groups is 1. The Balaban J connectivity index is 0.00000121. The predicted octanol–water partition coefficient (Wildman–Crippen LogP) is -3.80. The third-order valence-corrected chi connectivity index (χ3v) is 2.15. The molecule has 66 valence electrons. The molecular formula is C8H16KNO2. The van der Waals surface area contributed by atoms with Gasteiger partial charge in [0, 0.05) is 13.1 Å². The Morgan fingerprint density at radius 3 is 2.67 bits per heavy atom. The largest absolute Gasteiger partial charge is 1.00 e. The van der Waals surface area contributed by atoms with Crippen molar-refractivity contribution in [1.82, 2.24) is 4.90 Å². The Morgan fingerprint density at radius 2 is 2.25 bits per heavy atom. The minimum atomic E-state index is -0.511. The van der Waals surface area contributed by atoms with Crippen LogP contribution in [0.4, 0.5) is 0 Å². The number of rotatable bonds is 3. The van der Waals surface area contributed by atoms with Gasteiger partial charge in [-0.25, -0.2) is 0 Å². The van der Waals surface area contributed by atoms with E-state index in [4.69, 9.17) is 0 Å². The normalized spacial score (nSPS) is 30.2. The quantitative estimate of drug-likeness (QED) is 0.472. The zero-order valence-electron chi connectivity index (χ0n) is 8.05. The second kappa shape index (κ2) is 6.09. The maximum absolute atomic E-state index is 10.2. The summed E-state index contributed by atoms with van der Waals surface area (Å²) in [5.74, 6) is 0. The third kappa shape index (κ3) is 4.67. The number of hydrogen-bond donors (Lipinski definition) is 1. The van der Waals surface area contributed by atoms with Crippen molar-refractivity contribution in [1.29, 1.82) is 0 Å². The molecule has 12 heavy (non-hydrogen) atoms. The van der Waals surface area contributed by atoms with Crippen molar-refractivity contribution in [3.05, 3.63) is 0 Å². The van der Waals surface area contributed by atoms with Crippen molar-refractivity contribution < 1.29 is 61.6 Å². The molecule has 0 spiro atoms. The number of hydrogen-bond acceptors (Lipinski definition) is 3. The van der Waals surface area contributed by atoms with Crippen molar-refractivity contribution in [2.24, 2.45) is 0 Å². The molecule has 1 aliphatic rings. The summed E-state index contributed by atoms with van der Waals surface area (Å²) in [7, 11) is 0. The fraction of sp³-hybridized carbons (Fsp3) is 1.00. The van der Waals surface area contributed by atoms with Gasteiger partial charge in [0.2, 0.25) is 0 Å². The topological polar surface area (TPSA) is 46.5 Å². The van der Waals surface area contributed by atoms with Gasteiger partial charge in [-0.1, -0.05) is 6.42 Å². The molecule has 1 fully saturated rings. The summed E-state index contributed by atoms with van der Waals surface area (Å²) in [6.45, 7) is 4.36. The summed E-state index contributed by atoms with van der Waals surface area (Å²) in [5.41, 5.74) is -0.511. The van der Waals surface area contributed by atoms with Gasteiger partial charge in [-0.3, -0.25) is 0 Å². The first-order valence-corrected chi connectivity index (χ1v) is 4.17. The molecule has 0 radical (unpaired) electrons. The summed E-state index contributed by atoms with van der Waals surface area (Å²) in [5, 5.41) is 19.7. The van der Waals surface area contributed by atoms with Crippen molar-refractivity contribution in [2.75, 3.05) is 26.2 Å². The zero-order valence-corrected chi connectivity index (χ0v) is 11.2. The second-order valence-corrected chi connectivity index (χ2v) is 3.58. The summed E-state index contributed by atoms with van der Waals surface area (Å²) >= 11 is 0. The molecule has 0 aromatic carbocycles. The summed E-state index contributed by atoms with van der Waals surface area (Å²) in [6.07, 6.45) is 1.54. The SMILES string of the molecule is CC1(O)CCN(CCC[O-])C1.[K+]. The van der Waals surface area contributed by atoms with Gasteiger partial charge in [0.25, 0.3) is 0 Å². The van der Waals surface area contributed by atoms with Crippen LogP contribution < -0.4 is 56.5 Å². The van der Waals surface area contributed by atoms with E-state index >= 15 is 0 Å². The van der Waals surface area contributed by atoms with Gasteiger partial charge in [0.15, 0.2) is 0 Å². The van der Waals surface area contributed by atoms with Gasteiger partial charge in [0.1, 0.15) is 0 Å². The number of nitrogens with zero attached hydrogens (tertiary/aromatic N) is 1. The molecular weight excluding hydrogens is 181 g/mol. The van der Waals surface area contributed by atoms with Gasteiger partial charge in [-0.2, -0.15) is 0 Å². The van der Waals surface area contributed by atoms with Crippen LogP contribution in [0.1, 0.15) is 19.8 Å². The zero-order chi connectivity index (χ0) is 8.32. The van der Waals surface area contributed by atoms with E-state index in [1.807, 2.05) is 6.92 Å². The maximum atomic E-state index is 10.2. The van der Waals surface area contributed by atoms with Crippen LogP contribution in [0.2, 0.25) is 0 Å². The van der Waals surface area contributed by atoms with Crippen molar-refractivity contribution in [3.8, 4) is 0 Å². The molecule has 1 N–H and O–H groups in total. The molecule has 0 aromatic rings. The predicted molar refractivity (Wildman–Crippen MR) is 41.2 cm³/mol. The van der Waals surface area contributed by atoms with E-state index in [1.54, 1.807) is 0 Å². The molecule has 1 aliphatic heterocycles. The molecule has 1 heterocycles. The van der Waals surface area contributed by atoms with Gasteiger partial charge in [-0.05, 0) is 19.9 Å². The van der Waals surface area contributed by atoms with Crippen molar-refractivity contribution >= 4 is 0 Å². The summed E-state index contributed by atoms with van der Waals surface area (Å²) in [4.78, 5) is 2.15. The Labute approximate surface area is 117 Å². The molecule has 1 saturated heterocycles. The van der Waals surface area contributed by atoms with E-state index in [2.05, 4.69) is 4.90 Å². The summed E-state index contributed by atoms with van der Waals surface area (Å²) < 4.78 is 0. The van der Waals surface area contributed by atoms with Crippen molar-refractivity contribution in [2.45, 2.75) is 25.4 Å². The van der Waals surface area contributed by atoms with Gasteiger partial charge in [0.05, 0.1) is 5.60 Å². The average molecular weight is 197 g/mol. The second-order valence-electron chi connectivity index (χ2n) is 3.58. The Kier molecular flexibility index (Phi) is 6.85. The van der Waals surface area contributed by atoms with E-state index in [0.717, 1.165) is 26.1 Å². The van der Waals surface area contributed by atoms with Crippen LogP contribution in [0.5, 0.6) is 0 Å². The molecule has 0 bridgehead atoms. The minimum Gasteiger partial charge on any atom is -0.854 e. The van der Waals surface area contributed by atoms with Crippen LogP contribution in [0, 0.1) is 0 Å². The van der Waals surface area contributed by atoms with Crippen LogP contribution in [0.25, 0.3) is 0 Å². The minimum absolute atomic E-state index is 0.